The molecule has 1 amide bonds. The van der Waals surface area contributed by atoms with Crippen LogP contribution in [0.15, 0.2) is 57.3 Å². The zero-order valence-electron chi connectivity index (χ0n) is 16.7. The molecule has 9 nitrogen and oxygen atoms in total. The van der Waals surface area contributed by atoms with Crippen molar-refractivity contribution < 1.29 is 18.3 Å². The summed E-state index contributed by atoms with van der Waals surface area (Å²) in [6.45, 7) is 1.80. The lowest BCUT2D eigenvalue weighted by Gasteiger charge is -2.13. The first-order chi connectivity index (χ1) is 14.7. The zero-order chi connectivity index (χ0) is 22.6. The Balaban J connectivity index is 1.81. The number of aliphatic hydroxyl groups excluding tert-OH is 1. The fourth-order valence-corrected chi connectivity index (χ4v) is 4.63. The van der Waals surface area contributed by atoms with Crippen LogP contribution in [0.5, 0.6) is 0 Å². The van der Waals surface area contributed by atoms with Gasteiger partial charge in [-0.05, 0) is 43.2 Å². The molecule has 1 heterocycles. The van der Waals surface area contributed by atoms with E-state index in [1.165, 1.54) is 10.6 Å². The van der Waals surface area contributed by atoms with Gasteiger partial charge in [-0.25, -0.2) is 18.5 Å². The average Bonchev–Trinajstić information content (AvgIpc) is 2.72. The number of amides is 1. The van der Waals surface area contributed by atoms with E-state index in [-0.39, 0.29) is 29.4 Å². The fraction of sp³-hybridized carbons (Fsp3) is 0.250. The molecule has 0 aliphatic rings. The summed E-state index contributed by atoms with van der Waals surface area (Å²) in [5.74, 6) is -0.451. The van der Waals surface area contributed by atoms with Gasteiger partial charge in [0, 0.05) is 18.8 Å². The number of sulfonamides is 1. The van der Waals surface area contributed by atoms with Crippen LogP contribution in [0.4, 0.5) is 5.69 Å². The largest absolute Gasteiger partial charge is 0.396 e. The van der Waals surface area contributed by atoms with E-state index in [4.69, 9.17) is 10.2 Å². The lowest BCUT2D eigenvalue weighted by Crippen LogP contribution is -2.25. The number of rotatable bonds is 8. The van der Waals surface area contributed by atoms with Crippen LogP contribution in [-0.4, -0.2) is 41.3 Å². The summed E-state index contributed by atoms with van der Waals surface area (Å²) in [5, 5.41) is 17.8. The molecule has 0 bridgehead atoms. The zero-order valence-corrected chi connectivity index (χ0v) is 18.4. The summed E-state index contributed by atoms with van der Waals surface area (Å²) < 4.78 is 24.8. The van der Waals surface area contributed by atoms with Gasteiger partial charge in [-0.2, -0.15) is 0 Å². The molecule has 0 unspecified atom stereocenters. The van der Waals surface area contributed by atoms with Crippen LogP contribution in [0.2, 0.25) is 0 Å². The van der Waals surface area contributed by atoms with Gasteiger partial charge in [-0.3, -0.25) is 14.2 Å². The Morgan fingerprint density at radius 2 is 2.00 bits per heavy atom. The number of carbonyl (C=O) groups is 1. The number of benzene rings is 2. The van der Waals surface area contributed by atoms with E-state index >= 15 is 0 Å². The van der Waals surface area contributed by atoms with Gasteiger partial charge < -0.3 is 10.4 Å². The molecular weight excluding hydrogens is 440 g/mol. The second-order valence-electron chi connectivity index (χ2n) is 6.81. The van der Waals surface area contributed by atoms with Gasteiger partial charge in [0.15, 0.2) is 5.16 Å². The number of fused-ring (bicyclic) bond motifs is 1. The van der Waals surface area contributed by atoms with Crippen molar-refractivity contribution in [2.45, 2.75) is 29.9 Å². The van der Waals surface area contributed by atoms with E-state index in [0.29, 0.717) is 33.7 Å². The molecule has 164 valence electrons. The maximum atomic E-state index is 12.8. The Morgan fingerprint density at radius 3 is 2.71 bits per heavy atom. The minimum Gasteiger partial charge on any atom is -0.396 e. The number of nitrogens with zero attached hydrogens (tertiary/aromatic N) is 2. The molecular formula is C20H22N4O5S2. The third-order valence-corrected chi connectivity index (χ3v) is 6.51. The number of para-hydroxylation sites is 1. The van der Waals surface area contributed by atoms with Gasteiger partial charge in [-0.1, -0.05) is 30.0 Å². The first-order valence-corrected chi connectivity index (χ1v) is 11.9. The third kappa shape index (κ3) is 5.50. The minimum absolute atomic E-state index is 0.0531. The van der Waals surface area contributed by atoms with Crippen LogP contribution in [0.1, 0.15) is 12.0 Å². The van der Waals surface area contributed by atoms with Crippen molar-refractivity contribution in [1.29, 1.82) is 0 Å². The predicted molar refractivity (Wildman–Crippen MR) is 120 cm³/mol. The highest BCUT2D eigenvalue weighted by Gasteiger charge is 2.15. The summed E-state index contributed by atoms with van der Waals surface area (Å²) >= 11 is 1.08. The van der Waals surface area contributed by atoms with Crippen LogP contribution >= 0.6 is 11.8 Å². The molecule has 0 radical (unpaired) electrons. The van der Waals surface area contributed by atoms with E-state index in [2.05, 4.69) is 10.3 Å². The molecule has 0 saturated carbocycles. The fourth-order valence-electron chi connectivity index (χ4n) is 3.00. The molecule has 31 heavy (non-hydrogen) atoms. The van der Waals surface area contributed by atoms with Crippen LogP contribution in [0, 0.1) is 6.92 Å². The molecule has 0 aliphatic heterocycles. The molecule has 3 aromatic rings. The lowest BCUT2D eigenvalue weighted by atomic mass is 10.2. The number of aromatic nitrogens is 2. The Hall–Kier alpha value is -2.73. The number of nitrogens with one attached hydrogen (secondary N) is 1. The van der Waals surface area contributed by atoms with Gasteiger partial charge in [-0.15, -0.1) is 0 Å². The molecule has 11 heteroatoms. The normalized spacial score (nSPS) is 11.6. The van der Waals surface area contributed by atoms with E-state index in [0.717, 1.165) is 11.8 Å². The van der Waals surface area contributed by atoms with Crippen molar-refractivity contribution in [3.05, 3.63) is 58.4 Å². The number of nitrogens with two attached hydrogens (primary N) is 1. The predicted octanol–water partition coefficient (Wildman–Crippen LogP) is 1.47. The van der Waals surface area contributed by atoms with Gasteiger partial charge in [0.05, 0.1) is 21.6 Å². The summed E-state index contributed by atoms with van der Waals surface area (Å²) in [6, 6.07) is 11.4. The monoisotopic (exact) mass is 462 g/mol. The standard InChI is InChI=1S/C20H22N4O5S2/c1-13-7-8-14(11-17(13)31(21,28)29)22-18(26)12-30-20-23-16-6-3-2-5-15(16)19(27)24(20)9-4-10-25/h2-3,5-8,11,25H,4,9-10,12H2,1H3,(H,22,26)(H2,21,28,29). The van der Waals surface area contributed by atoms with Crippen molar-refractivity contribution in [3.8, 4) is 0 Å². The smallest absolute Gasteiger partial charge is 0.262 e. The summed E-state index contributed by atoms with van der Waals surface area (Å²) in [6.07, 6.45) is 0.374. The molecule has 2 aromatic carbocycles. The molecule has 0 saturated heterocycles. The Morgan fingerprint density at radius 1 is 1.26 bits per heavy atom. The van der Waals surface area contributed by atoms with E-state index < -0.39 is 15.9 Å². The number of aryl methyl sites for hydroxylation is 1. The average molecular weight is 463 g/mol. The van der Waals surface area contributed by atoms with Crippen molar-refractivity contribution >= 4 is 44.3 Å². The van der Waals surface area contributed by atoms with Gasteiger partial charge in [0.1, 0.15) is 0 Å². The van der Waals surface area contributed by atoms with Crippen molar-refractivity contribution in [2.75, 3.05) is 17.7 Å². The number of carbonyl (C=O) groups excluding carboxylic acids is 1. The highest BCUT2D eigenvalue weighted by Crippen LogP contribution is 2.21. The topological polar surface area (TPSA) is 144 Å². The Kier molecular flexibility index (Phi) is 7.11. The number of primary sulfonamides is 1. The maximum Gasteiger partial charge on any atom is 0.262 e. The first kappa shape index (κ1) is 22.9. The third-order valence-electron chi connectivity index (χ3n) is 4.48. The summed E-state index contributed by atoms with van der Waals surface area (Å²) in [7, 11) is -3.91. The molecule has 0 fully saturated rings. The second kappa shape index (κ2) is 9.60. The van der Waals surface area contributed by atoms with Gasteiger partial charge >= 0.3 is 0 Å². The van der Waals surface area contributed by atoms with E-state index in [9.17, 15) is 18.0 Å². The lowest BCUT2D eigenvalue weighted by molar-refractivity contribution is -0.113. The highest BCUT2D eigenvalue weighted by molar-refractivity contribution is 7.99. The Bertz CT molecular complexity index is 1290. The van der Waals surface area contributed by atoms with Crippen molar-refractivity contribution in [2.24, 2.45) is 5.14 Å². The van der Waals surface area contributed by atoms with Crippen LogP contribution < -0.4 is 16.0 Å². The second-order valence-corrected chi connectivity index (χ2v) is 9.28. The molecule has 0 spiro atoms. The number of thioether (sulfide) groups is 1. The van der Waals surface area contributed by atoms with Crippen molar-refractivity contribution in [3.63, 3.8) is 0 Å². The van der Waals surface area contributed by atoms with E-state index in [1.54, 1.807) is 43.3 Å². The van der Waals surface area contributed by atoms with Crippen LogP contribution in [-0.2, 0) is 21.4 Å². The molecule has 0 aliphatic carbocycles. The number of anilines is 1. The van der Waals surface area contributed by atoms with Crippen LogP contribution in [0.3, 0.4) is 0 Å². The highest BCUT2D eigenvalue weighted by atomic mass is 32.2. The quantitative estimate of drug-likeness (QED) is 0.339. The summed E-state index contributed by atoms with van der Waals surface area (Å²) in [5.41, 5.74) is 1.05. The van der Waals surface area contributed by atoms with Crippen molar-refractivity contribution in [1.82, 2.24) is 9.55 Å². The molecule has 0 atom stereocenters. The van der Waals surface area contributed by atoms with Gasteiger partial charge in [0.2, 0.25) is 15.9 Å². The van der Waals surface area contributed by atoms with Gasteiger partial charge in [0.25, 0.3) is 5.56 Å². The maximum absolute atomic E-state index is 12.8. The molecule has 3 rings (SSSR count). The van der Waals surface area contributed by atoms with Crippen LogP contribution in [0.25, 0.3) is 10.9 Å². The first-order valence-electron chi connectivity index (χ1n) is 9.37. The minimum atomic E-state index is -3.91. The number of aliphatic hydroxyl groups is 1. The number of hydrogen-bond donors (Lipinski definition) is 3. The number of hydrogen-bond acceptors (Lipinski definition) is 7. The Labute approximate surface area is 183 Å². The summed E-state index contributed by atoms with van der Waals surface area (Å²) in [4.78, 5) is 29.7. The molecule has 1 aromatic heterocycles. The SMILES string of the molecule is Cc1ccc(NC(=O)CSc2nc3ccccc3c(=O)n2CCCO)cc1S(N)(=O)=O. The molecule has 4 N–H and O–H groups in total. The van der Waals surface area contributed by atoms with E-state index in [1.807, 2.05) is 0 Å².